The zero-order valence-corrected chi connectivity index (χ0v) is 17.7. The number of nitrogens with zero attached hydrogens (tertiary/aromatic N) is 2. The summed E-state index contributed by atoms with van der Waals surface area (Å²) in [5, 5.41) is 21.4. The number of carbonyl (C=O) groups is 1. The summed E-state index contributed by atoms with van der Waals surface area (Å²) in [7, 11) is 0. The third kappa shape index (κ3) is 4.21. The molecule has 8 heteroatoms. The fourth-order valence-corrected chi connectivity index (χ4v) is 4.65. The van der Waals surface area contributed by atoms with Crippen LogP contribution in [0.4, 0.5) is 11.4 Å². The molecule has 1 aliphatic rings. The van der Waals surface area contributed by atoms with Crippen LogP contribution < -0.4 is 15.8 Å². The van der Waals surface area contributed by atoms with Gasteiger partial charge in [0.05, 0.1) is 23.3 Å². The van der Waals surface area contributed by atoms with E-state index in [-0.39, 0.29) is 18.6 Å². The Bertz CT molecular complexity index is 1050. The summed E-state index contributed by atoms with van der Waals surface area (Å²) in [6, 6.07) is 16.4. The molecule has 0 saturated carbocycles. The van der Waals surface area contributed by atoms with Crippen LogP contribution in [0.3, 0.4) is 0 Å². The lowest BCUT2D eigenvalue weighted by Gasteiger charge is -2.23. The average Bonchev–Trinajstić information content (AvgIpc) is 3.42. The molecule has 1 amide bonds. The van der Waals surface area contributed by atoms with Gasteiger partial charge in [0.25, 0.3) is 5.91 Å². The second-order valence-corrected chi connectivity index (χ2v) is 8.73. The van der Waals surface area contributed by atoms with Gasteiger partial charge in [-0.25, -0.2) is 10.9 Å². The van der Waals surface area contributed by atoms with E-state index >= 15 is 0 Å². The van der Waals surface area contributed by atoms with Crippen molar-refractivity contribution in [3.63, 3.8) is 0 Å². The number of nitrogens with two attached hydrogens (primary N) is 1. The Balaban J connectivity index is 1.54. The molecule has 2 heterocycles. The van der Waals surface area contributed by atoms with E-state index in [1.165, 1.54) is 11.3 Å². The maximum Gasteiger partial charge on any atom is 0.282 e. The number of benzene rings is 2. The van der Waals surface area contributed by atoms with E-state index in [1.807, 2.05) is 41.3 Å². The molecule has 0 bridgehead atoms. The second-order valence-electron chi connectivity index (χ2n) is 7.21. The van der Waals surface area contributed by atoms with Crippen LogP contribution in [-0.4, -0.2) is 35.3 Å². The minimum atomic E-state index is -0.363. The molecule has 6 nitrogen and oxygen atoms in total. The molecule has 1 aromatic heterocycles. The van der Waals surface area contributed by atoms with E-state index in [1.54, 1.807) is 18.2 Å². The minimum absolute atomic E-state index is 0.183. The van der Waals surface area contributed by atoms with Crippen molar-refractivity contribution < 1.29 is 15.0 Å². The first-order chi connectivity index (χ1) is 14.5. The largest absolute Gasteiger partial charge is 0.392 e. The van der Waals surface area contributed by atoms with Crippen LogP contribution in [0.1, 0.15) is 21.7 Å². The highest BCUT2D eigenvalue weighted by Crippen LogP contribution is 2.32. The van der Waals surface area contributed by atoms with Gasteiger partial charge in [-0.2, -0.15) is 0 Å². The molecule has 0 radical (unpaired) electrons. The molecule has 3 aromatic rings. The quantitative estimate of drug-likeness (QED) is 0.318. The van der Waals surface area contributed by atoms with Crippen molar-refractivity contribution in [2.24, 2.45) is 5.84 Å². The molecule has 1 aliphatic heterocycles. The van der Waals surface area contributed by atoms with Crippen LogP contribution in [0.2, 0.25) is 5.02 Å². The summed E-state index contributed by atoms with van der Waals surface area (Å²) in [6.45, 7) is 1.07. The smallest absolute Gasteiger partial charge is 0.282 e. The monoisotopic (exact) mass is 443 g/mol. The fourth-order valence-electron chi connectivity index (χ4n) is 3.58. The summed E-state index contributed by atoms with van der Waals surface area (Å²) < 4.78 is 0. The summed E-state index contributed by atoms with van der Waals surface area (Å²) in [4.78, 5) is 16.4. The van der Waals surface area contributed by atoms with Crippen molar-refractivity contribution in [3.8, 4) is 10.4 Å². The molecule has 156 valence electrons. The van der Waals surface area contributed by atoms with Crippen molar-refractivity contribution in [1.82, 2.24) is 0 Å². The molecule has 1 saturated heterocycles. The number of amides is 1. The molecule has 1 atom stereocenters. The maximum atomic E-state index is 12.9. The molecule has 1 fully saturated rings. The summed E-state index contributed by atoms with van der Waals surface area (Å²) in [5.41, 5.74) is 2.98. The number of hydrogen-bond donors (Lipinski definition) is 3. The van der Waals surface area contributed by atoms with Gasteiger partial charge in [-0.05, 0) is 54.4 Å². The SMILES string of the molecule is NN(C(=O)c1ccc(-c2ccc(Cl)cc2)s1)c1ccc(N2CC[C@@H](O)C2)c(CO)c1. The third-order valence-corrected chi connectivity index (χ3v) is 6.55. The van der Waals surface area contributed by atoms with Crippen molar-refractivity contribution in [1.29, 1.82) is 0 Å². The molecule has 2 aromatic carbocycles. The summed E-state index contributed by atoms with van der Waals surface area (Å²) in [5.74, 6) is 5.80. The number of anilines is 2. The lowest BCUT2D eigenvalue weighted by atomic mass is 10.1. The topological polar surface area (TPSA) is 90.0 Å². The van der Waals surface area contributed by atoms with Crippen molar-refractivity contribution in [3.05, 3.63) is 70.1 Å². The lowest BCUT2D eigenvalue weighted by molar-refractivity contribution is 0.0990. The number of rotatable bonds is 5. The second kappa shape index (κ2) is 8.75. The minimum Gasteiger partial charge on any atom is -0.392 e. The van der Waals surface area contributed by atoms with Crippen LogP contribution in [0, 0.1) is 0 Å². The van der Waals surface area contributed by atoms with Crippen LogP contribution in [0.15, 0.2) is 54.6 Å². The van der Waals surface area contributed by atoms with Gasteiger partial charge in [0.2, 0.25) is 0 Å². The van der Waals surface area contributed by atoms with Gasteiger partial charge in [-0.1, -0.05) is 23.7 Å². The molecule has 4 N–H and O–H groups in total. The van der Waals surface area contributed by atoms with E-state index in [2.05, 4.69) is 0 Å². The van der Waals surface area contributed by atoms with Gasteiger partial charge < -0.3 is 15.1 Å². The highest BCUT2D eigenvalue weighted by molar-refractivity contribution is 7.17. The Kier molecular flexibility index (Phi) is 6.08. The van der Waals surface area contributed by atoms with E-state index in [9.17, 15) is 15.0 Å². The first kappa shape index (κ1) is 20.8. The zero-order chi connectivity index (χ0) is 21.3. The van der Waals surface area contributed by atoms with Gasteiger partial charge in [-0.15, -0.1) is 11.3 Å². The number of aliphatic hydroxyl groups is 2. The summed E-state index contributed by atoms with van der Waals surface area (Å²) in [6.07, 6.45) is 0.333. The van der Waals surface area contributed by atoms with Crippen LogP contribution in [0.5, 0.6) is 0 Å². The van der Waals surface area contributed by atoms with E-state index in [0.717, 1.165) is 27.7 Å². The standard InChI is InChI=1S/C22H22ClN3O3S/c23-16-3-1-14(2-4-16)20-7-8-21(30-20)22(29)26(24)17-5-6-19(15(11-17)13-27)25-10-9-18(28)12-25/h1-8,11,18,27-28H,9-10,12-13,24H2/t18-/m1/s1. The Hall–Kier alpha value is -2.42. The van der Waals surface area contributed by atoms with Crippen molar-refractivity contribution in [2.75, 3.05) is 23.0 Å². The summed E-state index contributed by atoms with van der Waals surface area (Å²) >= 11 is 7.30. The number of hydrogen-bond acceptors (Lipinski definition) is 6. The van der Waals surface area contributed by atoms with Gasteiger partial charge in [0, 0.05) is 34.2 Å². The number of thiophene rings is 1. The van der Waals surface area contributed by atoms with Gasteiger partial charge in [0.1, 0.15) is 0 Å². The Morgan fingerprint density at radius 3 is 2.63 bits per heavy atom. The predicted octanol–water partition coefficient (Wildman–Crippen LogP) is 3.65. The number of carbonyl (C=O) groups excluding carboxylic acids is 1. The molecule has 0 spiro atoms. The third-order valence-electron chi connectivity index (χ3n) is 5.18. The Morgan fingerprint density at radius 1 is 1.20 bits per heavy atom. The van der Waals surface area contributed by atoms with E-state index in [0.29, 0.717) is 34.1 Å². The molecule has 30 heavy (non-hydrogen) atoms. The Labute approximate surface area is 183 Å². The van der Waals surface area contributed by atoms with Crippen LogP contribution in [0.25, 0.3) is 10.4 Å². The molecular weight excluding hydrogens is 422 g/mol. The van der Waals surface area contributed by atoms with Crippen molar-refractivity contribution >= 4 is 40.2 Å². The number of hydrazine groups is 1. The van der Waals surface area contributed by atoms with E-state index in [4.69, 9.17) is 17.4 Å². The number of aliphatic hydroxyl groups excluding tert-OH is 2. The molecule has 4 rings (SSSR count). The lowest BCUT2D eigenvalue weighted by Crippen LogP contribution is -2.37. The highest BCUT2D eigenvalue weighted by atomic mass is 35.5. The molecular formula is C22H22ClN3O3S. The molecule has 0 aliphatic carbocycles. The first-order valence-electron chi connectivity index (χ1n) is 9.58. The van der Waals surface area contributed by atoms with Gasteiger partial charge in [0.15, 0.2) is 0 Å². The van der Waals surface area contributed by atoms with Crippen LogP contribution in [-0.2, 0) is 6.61 Å². The van der Waals surface area contributed by atoms with Crippen molar-refractivity contribution in [2.45, 2.75) is 19.1 Å². The zero-order valence-electron chi connectivity index (χ0n) is 16.2. The molecule has 0 unspecified atom stereocenters. The highest BCUT2D eigenvalue weighted by Gasteiger charge is 2.24. The van der Waals surface area contributed by atoms with Crippen LogP contribution >= 0.6 is 22.9 Å². The first-order valence-corrected chi connectivity index (χ1v) is 10.8. The number of halogens is 1. The Morgan fingerprint density at radius 2 is 1.97 bits per heavy atom. The predicted molar refractivity (Wildman–Crippen MR) is 121 cm³/mol. The normalized spacial score (nSPS) is 16.1. The maximum absolute atomic E-state index is 12.9. The van der Waals surface area contributed by atoms with Gasteiger partial charge in [-0.3, -0.25) is 4.79 Å². The number of β-amino-alcohol motifs (C(OH)–C–C–N with tert-alkyl or cyclic N) is 1. The van der Waals surface area contributed by atoms with E-state index < -0.39 is 0 Å². The average molecular weight is 444 g/mol. The fraction of sp³-hybridized carbons (Fsp3) is 0.227. The van der Waals surface area contributed by atoms with Gasteiger partial charge >= 0.3 is 0 Å².